The summed E-state index contributed by atoms with van der Waals surface area (Å²) in [7, 11) is 0. The number of carbonyl (C=O) groups excluding carboxylic acids is 1. The fourth-order valence-electron chi connectivity index (χ4n) is 1.53. The zero-order chi connectivity index (χ0) is 15.0. The number of aromatic nitrogens is 3. The Balaban J connectivity index is 1.89. The zero-order valence-electron chi connectivity index (χ0n) is 10.0. The number of rotatable bonds is 2. The molecule has 0 saturated heterocycles. The van der Waals surface area contributed by atoms with E-state index in [0.29, 0.717) is 0 Å². The molecule has 0 aliphatic heterocycles. The molecule has 0 radical (unpaired) electrons. The zero-order valence-corrected chi connectivity index (χ0v) is 10.8. The number of hydrogen-bond acceptors (Lipinski definition) is 6. The highest BCUT2D eigenvalue weighted by Gasteiger charge is 2.32. The largest absolute Gasteiger partial charge is 0.438 e. The predicted molar refractivity (Wildman–Crippen MR) is 66.9 cm³/mol. The number of oxazole rings is 1. The van der Waals surface area contributed by atoms with Crippen molar-refractivity contribution in [1.29, 1.82) is 0 Å². The molecule has 0 aromatic carbocycles. The topological polar surface area (TPSA) is 80.9 Å². The molecule has 3 aromatic heterocycles. The molecule has 108 valence electrons. The third kappa shape index (κ3) is 2.70. The van der Waals surface area contributed by atoms with Crippen LogP contribution in [0.15, 0.2) is 29.3 Å². The normalized spacial score (nSPS) is 11.8. The van der Waals surface area contributed by atoms with Gasteiger partial charge >= 0.3 is 6.18 Å². The first-order valence-corrected chi connectivity index (χ1v) is 6.29. The lowest BCUT2D eigenvalue weighted by Crippen LogP contribution is -2.10. The maximum absolute atomic E-state index is 12.6. The van der Waals surface area contributed by atoms with Gasteiger partial charge in [0.25, 0.3) is 5.91 Å². The van der Waals surface area contributed by atoms with Crippen molar-refractivity contribution in [2.75, 3.05) is 5.32 Å². The number of halogens is 3. The van der Waals surface area contributed by atoms with Gasteiger partial charge < -0.3 is 4.42 Å². The van der Waals surface area contributed by atoms with Crippen molar-refractivity contribution in [1.82, 2.24) is 15.0 Å². The van der Waals surface area contributed by atoms with Crippen LogP contribution in [0.25, 0.3) is 10.2 Å². The Morgan fingerprint density at radius 2 is 2.14 bits per heavy atom. The fourth-order valence-corrected chi connectivity index (χ4v) is 2.40. The number of amides is 1. The lowest BCUT2D eigenvalue weighted by Gasteiger charge is -2.03. The molecule has 3 aromatic rings. The van der Waals surface area contributed by atoms with Crippen molar-refractivity contribution in [3.8, 4) is 0 Å². The molecule has 10 heteroatoms. The first kappa shape index (κ1) is 13.5. The number of nitrogens with zero attached hydrogens (tertiary/aromatic N) is 3. The molecule has 0 saturated carbocycles. The van der Waals surface area contributed by atoms with Gasteiger partial charge in [-0.2, -0.15) is 13.2 Å². The first-order valence-electron chi connectivity index (χ1n) is 5.47. The van der Waals surface area contributed by atoms with E-state index in [-0.39, 0.29) is 21.1 Å². The average Bonchev–Trinajstić information content (AvgIpc) is 3.05. The second-order valence-corrected chi connectivity index (χ2v) is 4.90. The highest BCUT2D eigenvalue weighted by Crippen LogP contribution is 2.32. The summed E-state index contributed by atoms with van der Waals surface area (Å²) >= 11 is 0.908. The van der Waals surface area contributed by atoms with Crippen LogP contribution in [0.5, 0.6) is 0 Å². The van der Waals surface area contributed by atoms with Crippen molar-refractivity contribution >= 4 is 32.6 Å². The Morgan fingerprint density at radius 1 is 1.33 bits per heavy atom. The van der Waals surface area contributed by atoms with E-state index in [1.807, 2.05) is 0 Å². The van der Waals surface area contributed by atoms with Gasteiger partial charge in [0.15, 0.2) is 11.5 Å². The molecule has 0 aliphatic carbocycles. The summed E-state index contributed by atoms with van der Waals surface area (Å²) in [6, 6.07) is 0.886. The number of alkyl halides is 3. The Bertz CT molecular complexity index is 798. The predicted octanol–water partition coefficient (Wildman–Crippen LogP) is 2.95. The molecule has 3 heterocycles. The number of carbonyl (C=O) groups is 1. The van der Waals surface area contributed by atoms with Crippen molar-refractivity contribution in [2.45, 2.75) is 6.18 Å². The quantitative estimate of drug-likeness (QED) is 0.786. The second-order valence-electron chi connectivity index (χ2n) is 3.87. The molecule has 0 bridgehead atoms. The highest BCUT2D eigenvalue weighted by atomic mass is 32.1. The van der Waals surface area contributed by atoms with Crippen LogP contribution >= 0.6 is 11.3 Å². The number of anilines is 1. The number of nitrogens with one attached hydrogen (secondary N) is 1. The molecule has 1 N–H and O–H groups in total. The Morgan fingerprint density at radius 3 is 2.81 bits per heavy atom. The standard InChI is InChI=1S/C11H5F3N4O2S/c12-11(13,14)8-1-7-5(2-16-8)17-10(21-7)18-9(19)6-3-15-4-20-6/h1-4H,(H,17,18,19). The number of pyridine rings is 1. The Kier molecular flexibility index (Phi) is 3.09. The monoisotopic (exact) mass is 314 g/mol. The molecule has 6 nitrogen and oxygen atoms in total. The fraction of sp³-hybridized carbons (Fsp3) is 0.0909. The summed E-state index contributed by atoms with van der Waals surface area (Å²) in [6.45, 7) is 0. The van der Waals surface area contributed by atoms with Crippen molar-refractivity contribution in [2.24, 2.45) is 0 Å². The SMILES string of the molecule is O=C(Nc1nc2cnc(C(F)(F)F)cc2s1)c1cnco1. The third-order valence-electron chi connectivity index (χ3n) is 2.44. The smallest absolute Gasteiger partial charge is 0.433 e. The maximum Gasteiger partial charge on any atom is 0.433 e. The van der Waals surface area contributed by atoms with Gasteiger partial charge in [-0.3, -0.25) is 10.1 Å². The minimum Gasteiger partial charge on any atom is -0.438 e. The molecular weight excluding hydrogens is 309 g/mol. The lowest BCUT2D eigenvalue weighted by atomic mass is 10.3. The number of hydrogen-bond donors (Lipinski definition) is 1. The maximum atomic E-state index is 12.6. The van der Waals surface area contributed by atoms with Gasteiger partial charge in [-0.05, 0) is 6.07 Å². The lowest BCUT2D eigenvalue weighted by molar-refractivity contribution is -0.141. The molecule has 0 unspecified atom stereocenters. The molecule has 0 aliphatic rings. The van der Waals surface area contributed by atoms with E-state index in [1.165, 1.54) is 6.20 Å². The van der Waals surface area contributed by atoms with E-state index in [2.05, 4.69) is 20.3 Å². The molecule has 0 spiro atoms. The van der Waals surface area contributed by atoms with Crippen LogP contribution in [-0.4, -0.2) is 20.9 Å². The molecule has 21 heavy (non-hydrogen) atoms. The summed E-state index contributed by atoms with van der Waals surface area (Å²) in [5, 5.41) is 2.56. The molecule has 0 atom stereocenters. The van der Waals surface area contributed by atoms with Gasteiger partial charge in [0, 0.05) is 0 Å². The van der Waals surface area contributed by atoms with Crippen molar-refractivity contribution in [3.63, 3.8) is 0 Å². The van der Waals surface area contributed by atoms with E-state index in [4.69, 9.17) is 4.42 Å². The van der Waals surface area contributed by atoms with Crippen LogP contribution in [0.4, 0.5) is 18.3 Å². The van der Waals surface area contributed by atoms with Gasteiger partial charge in [-0.25, -0.2) is 15.0 Å². The van der Waals surface area contributed by atoms with E-state index in [9.17, 15) is 18.0 Å². The number of fused-ring (bicyclic) bond motifs is 1. The van der Waals surface area contributed by atoms with E-state index >= 15 is 0 Å². The molecular formula is C11H5F3N4O2S. The summed E-state index contributed by atoms with van der Waals surface area (Å²) in [5.41, 5.74) is -0.743. The molecule has 1 amide bonds. The Hall–Kier alpha value is -2.49. The minimum absolute atomic E-state index is 0.0247. The van der Waals surface area contributed by atoms with Crippen LogP contribution in [0.2, 0.25) is 0 Å². The van der Waals surface area contributed by atoms with Crippen molar-refractivity contribution in [3.05, 3.63) is 36.3 Å². The highest BCUT2D eigenvalue weighted by molar-refractivity contribution is 7.22. The first-order chi connectivity index (χ1) is 9.93. The summed E-state index contributed by atoms with van der Waals surface area (Å²) in [6.07, 6.45) is -1.21. The second kappa shape index (κ2) is 4.81. The van der Waals surface area contributed by atoms with E-state index in [1.54, 1.807) is 0 Å². The molecule has 0 fully saturated rings. The summed E-state index contributed by atoms with van der Waals surface area (Å²) < 4.78 is 42.7. The van der Waals surface area contributed by atoms with Crippen LogP contribution < -0.4 is 5.32 Å². The van der Waals surface area contributed by atoms with Crippen LogP contribution in [0.1, 0.15) is 16.2 Å². The van der Waals surface area contributed by atoms with Crippen molar-refractivity contribution < 1.29 is 22.4 Å². The van der Waals surface area contributed by atoms with Gasteiger partial charge in [0.2, 0.25) is 5.76 Å². The summed E-state index contributed by atoms with van der Waals surface area (Å²) in [4.78, 5) is 22.6. The average molecular weight is 314 g/mol. The summed E-state index contributed by atoms with van der Waals surface area (Å²) in [5.74, 6) is -0.612. The van der Waals surface area contributed by atoms with Crippen LogP contribution in [-0.2, 0) is 6.18 Å². The van der Waals surface area contributed by atoms with Gasteiger partial charge in [0.1, 0.15) is 11.2 Å². The molecule has 3 rings (SSSR count). The Labute approximate surface area is 118 Å². The van der Waals surface area contributed by atoms with E-state index in [0.717, 1.165) is 30.0 Å². The van der Waals surface area contributed by atoms with Crippen LogP contribution in [0, 0.1) is 0 Å². The van der Waals surface area contributed by atoms with Crippen LogP contribution in [0.3, 0.4) is 0 Å². The van der Waals surface area contributed by atoms with Gasteiger partial charge in [-0.1, -0.05) is 11.3 Å². The van der Waals surface area contributed by atoms with Gasteiger partial charge in [0.05, 0.1) is 17.1 Å². The van der Waals surface area contributed by atoms with E-state index < -0.39 is 17.8 Å². The third-order valence-corrected chi connectivity index (χ3v) is 3.38. The van der Waals surface area contributed by atoms with Gasteiger partial charge in [-0.15, -0.1) is 0 Å². The number of thiazole rings is 1. The minimum atomic E-state index is -4.53.